The van der Waals surface area contributed by atoms with Crippen molar-refractivity contribution in [1.29, 1.82) is 0 Å². The smallest absolute Gasteiger partial charge is 0.412 e. The molecule has 52 heavy (non-hydrogen) atoms. The van der Waals surface area contributed by atoms with Crippen molar-refractivity contribution in [3.63, 3.8) is 0 Å². The topological polar surface area (TPSA) is 148 Å². The largest absolute Gasteiger partial charge is 0.459 e. The molecule has 12 nitrogen and oxygen atoms in total. The van der Waals surface area contributed by atoms with E-state index in [9.17, 15) is 19.8 Å². The SMILES string of the molecule is C=CCCOC(=O)N(CCC)C1CC(=NOCC)C2=CC(CCCCO)C(CCCCO)C3c4cc(OC(=O)NCC)ccc4OC1(OCC=C)C23. The number of allylic oxidation sites excluding steroid dienone is 1. The molecule has 1 saturated carbocycles. The first kappa shape index (κ1) is 40.9. The molecule has 12 heteroatoms. The number of oxime groups is 1. The Balaban J connectivity index is 2.02. The van der Waals surface area contributed by atoms with Gasteiger partial charge in [0.25, 0.3) is 0 Å². The molecule has 0 radical (unpaired) electrons. The minimum Gasteiger partial charge on any atom is -0.459 e. The molecule has 3 aliphatic rings. The summed E-state index contributed by atoms with van der Waals surface area (Å²) in [5.74, 6) is -1.02. The Kier molecular flexibility index (Phi) is 16.0. The highest BCUT2D eigenvalue weighted by molar-refractivity contribution is 6.03. The maximum atomic E-state index is 14.0. The molecule has 0 aromatic heterocycles. The number of nitrogens with zero attached hydrogens (tertiary/aromatic N) is 2. The normalized spacial score (nSPS) is 25.1. The number of fused-ring (bicyclic) bond motifs is 2. The molecular formula is C40H59N3O9. The molecule has 0 bridgehead atoms. The summed E-state index contributed by atoms with van der Waals surface area (Å²) >= 11 is 0. The van der Waals surface area contributed by atoms with Crippen LogP contribution in [0, 0.1) is 17.8 Å². The number of carbonyl (C=O) groups excluding carboxylic acids is 2. The molecule has 2 amide bonds. The zero-order valence-electron chi connectivity index (χ0n) is 31.2. The van der Waals surface area contributed by atoms with Crippen molar-refractivity contribution < 1.29 is 43.6 Å². The van der Waals surface area contributed by atoms with Gasteiger partial charge in [0, 0.05) is 44.2 Å². The monoisotopic (exact) mass is 725 g/mol. The molecule has 0 spiro atoms. The molecule has 288 valence electrons. The highest BCUT2D eigenvalue weighted by Crippen LogP contribution is 2.62. The maximum absolute atomic E-state index is 14.0. The molecule has 1 aliphatic heterocycles. The fraction of sp³-hybridized carbons (Fsp3) is 0.625. The van der Waals surface area contributed by atoms with E-state index in [2.05, 4.69) is 24.6 Å². The Bertz CT molecular complexity index is 1410. The van der Waals surface area contributed by atoms with E-state index in [1.807, 2.05) is 32.9 Å². The molecule has 1 fully saturated rings. The van der Waals surface area contributed by atoms with Gasteiger partial charge in [-0.25, -0.2) is 9.59 Å². The molecule has 2 aliphatic carbocycles. The Morgan fingerprint density at radius 1 is 1.10 bits per heavy atom. The maximum Gasteiger partial charge on any atom is 0.412 e. The molecule has 4 rings (SSSR count). The van der Waals surface area contributed by atoms with Gasteiger partial charge in [-0.05, 0) is 88.0 Å². The number of hydrogen-bond donors (Lipinski definition) is 3. The highest BCUT2D eigenvalue weighted by Gasteiger charge is 2.65. The van der Waals surface area contributed by atoms with Crippen molar-refractivity contribution in [1.82, 2.24) is 10.2 Å². The summed E-state index contributed by atoms with van der Waals surface area (Å²) in [5, 5.41) is 26.9. The number of amides is 2. The predicted octanol–water partition coefficient (Wildman–Crippen LogP) is 6.87. The van der Waals surface area contributed by atoms with Crippen LogP contribution in [0.15, 0.2) is 60.3 Å². The van der Waals surface area contributed by atoms with Gasteiger partial charge in [0.15, 0.2) is 0 Å². The van der Waals surface area contributed by atoms with Crippen LogP contribution in [-0.2, 0) is 14.3 Å². The first-order chi connectivity index (χ1) is 25.3. The molecule has 0 saturated heterocycles. The summed E-state index contributed by atoms with van der Waals surface area (Å²) in [4.78, 5) is 34.1. The van der Waals surface area contributed by atoms with E-state index in [-0.39, 0.29) is 50.6 Å². The van der Waals surface area contributed by atoms with Gasteiger partial charge in [0.1, 0.15) is 24.1 Å². The van der Waals surface area contributed by atoms with E-state index in [0.29, 0.717) is 62.6 Å². The Morgan fingerprint density at radius 3 is 2.54 bits per heavy atom. The average Bonchev–Trinajstić information content (AvgIpc) is 3.14. The van der Waals surface area contributed by atoms with Gasteiger partial charge < -0.3 is 39.3 Å². The fourth-order valence-corrected chi connectivity index (χ4v) is 8.07. The molecule has 1 heterocycles. The second-order valence-corrected chi connectivity index (χ2v) is 13.5. The second kappa shape index (κ2) is 20.4. The van der Waals surface area contributed by atoms with E-state index in [1.54, 1.807) is 23.1 Å². The summed E-state index contributed by atoms with van der Waals surface area (Å²) in [7, 11) is 0. The quantitative estimate of drug-likeness (QED) is 0.0701. The number of rotatable bonds is 21. The van der Waals surface area contributed by atoms with Crippen molar-refractivity contribution in [2.75, 3.05) is 46.1 Å². The molecule has 6 unspecified atom stereocenters. The van der Waals surface area contributed by atoms with E-state index in [4.69, 9.17) is 28.9 Å². The molecular weight excluding hydrogens is 666 g/mol. The van der Waals surface area contributed by atoms with Gasteiger partial charge in [-0.3, -0.25) is 4.90 Å². The minimum atomic E-state index is -1.39. The summed E-state index contributed by atoms with van der Waals surface area (Å²) in [6.45, 7) is 15.1. The second-order valence-electron chi connectivity index (χ2n) is 13.5. The predicted molar refractivity (Wildman–Crippen MR) is 199 cm³/mol. The Hall–Kier alpha value is -3.87. The van der Waals surface area contributed by atoms with Crippen LogP contribution in [0.4, 0.5) is 9.59 Å². The van der Waals surface area contributed by atoms with Crippen molar-refractivity contribution in [3.05, 3.63) is 60.7 Å². The number of nitrogens with one attached hydrogen (secondary N) is 1. The van der Waals surface area contributed by atoms with Gasteiger partial charge in [-0.2, -0.15) is 0 Å². The van der Waals surface area contributed by atoms with Crippen LogP contribution in [0.25, 0.3) is 0 Å². The van der Waals surface area contributed by atoms with Crippen LogP contribution < -0.4 is 14.8 Å². The zero-order valence-corrected chi connectivity index (χ0v) is 31.2. The fourth-order valence-electron chi connectivity index (χ4n) is 8.07. The molecule has 6 atom stereocenters. The van der Waals surface area contributed by atoms with E-state index >= 15 is 0 Å². The van der Waals surface area contributed by atoms with Gasteiger partial charge in [0.05, 0.1) is 24.8 Å². The van der Waals surface area contributed by atoms with E-state index < -0.39 is 29.9 Å². The van der Waals surface area contributed by atoms with Crippen LogP contribution in [0.3, 0.4) is 0 Å². The lowest BCUT2D eigenvalue weighted by Gasteiger charge is -2.59. The van der Waals surface area contributed by atoms with Crippen LogP contribution in [0.2, 0.25) is 0 Å². The van der Waals surface area contributed by atoms with Crippen LogP contribution in [-0.4, -0.2) is 91.0 Å². The minimum absolute atomic E-state index is 0.0410. The summed E-state index contributed by atoms with van der Waals surface area (Å²) < 4.78 is 25.6. The number of aliphatic hydroxyl groups is 2. The van der Waals surface area contributed by atoms with Crippen LogP contribution >= 0.6 is 0 Å². The standard InChI is InChI=1S/C40H59N3O9/c1-6-11-24-48-39(47)43(20-7-2)35-27-33(42-50-10-5)31-25-28(16-12-14-21-44)30(17-13-15-22-45)36-32-26-29(51-38(46)41-9-4)18-19-34(32)52-40(35,37(31)36)49-23-8-3/h6,8,18-19,25-26,28,30,35-37,44-45H,1,3,7,9-17,20-24,27H2,2,4-5H3,(H,41,46). The number of carbonyl (C=O) groups is 2. The average molecular weight is 726 g/mol. The lowest BCUT2D eigenvalue weighted by atomic mass is 9.55. The van der Waals surface area contributed by atoms with Gasteiger partial charge in [0.2, 0.25) is 5.79 Å². The number of aliphatic hydroxyl groups excluding tert-OH is 2. The molecule has 3 N–H and O–H groups in total. The Labute approximate surface area is 308 Å². The van der Waals surface area contributed by atoms with Crippen molar-refractivity contribution >= 4 is 17.9 Å². The van der Waals surface area contributed by atoms with Crippen molar-refractivity contribution in [2.24, 2.45) is 22.9 Å². The summed E-state index contributed by atoms with van der Waals surface area (Å²) in [5.41, 5.74) is 2.51. The molecule has 1 aromatic rings. The third kappa shape index (κ3) is 9.37. The Morgan fingerprint density at radius 2 is 1.87 bits per heavy atom. The number of hydrogen-bond acceptors (Lipinski definition) is 10. The first-order valence-corrected chi connectivity index (χ1v) is 19.0. The van der Waals surface area contributed by atoms with Crippen molar-refractivity contribution in [2.45, 2.75) is 96.3 Å². The van der Waals surface area contributed by atoms with Gasteiger partial charge >= 0.3 is 12.2 Å². The lowest BCUT2D eigenvalue weighted by molar-refractivity contribution is -0.255. The number of unbranched alkanes of at least 4 members (excludes halogenated alkanes) is 2. The number of ether oxygens (including phenoxy) is 4. The number of benzene rings is 1. The first-order valence-electron chi connectivity index (χ1n) is 19.0. The summed E-state index contributed by atoms with van der Waals surface area (Å²) in [6.07, 6.45) is 10.7. The molecule has 1 aromatic carbocycles. The van der Waals surface area contributed by atoms with Gasteiger partial charge in [-0.15, -0.1) is 13.2 Å². The third-order valence-corrected chi connectivity index (χ3v) is 10.1. The van der Waals surface area contributed by atoms with E-state index in [0.717, 1.165) is 36.8 Å². The highest BCUT2D eigenvalue weighted by atomic mass is 16.7. The van der Waals surface area contributed by atoms with E-state index in [1.165, 1.54) is 0 Å². The van der Waals surface area contributed by atoms with Gasteiger partial charge in [-0.1, -0.05) is 43.1 Å². The van der Waals surface area contributed by atoms with Crippen LogP contribution in [0.1, 0.15) is 90.0 Å². The third-order valence-electron chi connectivity index (χ3n) is 10.1. The van der Waals surface area contributed by atoms with Crippen LogP contribution in [0.5, 0.6) is 11.5 Å². The zero-order chi connectivity index (χ0) is 37.5. The van der Waals surface area contributed by atoms with Crippen molar-refractivity contribution in [3.8, 4) is 11.5 Å². The lowest BCUT2D eigenvalue weighted by Crippen LogP contribution is -2.70. The summed E-state index contributed by atoms with van der Waals surface area (Å²) in [6, 6.07) is 4.74.